The molecule has 1 heterocycles. The highest BCUT2D eigenvalue weighted by molar-refractivity contribution is 6.33. The number of hydrogen-bond acceptors (Lipinski definition) is 3. The summed E-state index contributed by atoms with van der Waals surface area (Å²) in [5, 5.41) is 5.66. The van der Waals surface area contributed by atoms with E-state index in [0.717, 1.165) is 25.0 Å². The SMILES string of the molecule is CCCCNC(=O)c1ccc(Nc2cc(C(F)(F)F)ccc2Cl)cn1. The number of carbonyl (C=O) groups excluding carboxylic acids is 1. The molecule has 2 aromatic rings. The molecule has 0 fully saturated rings. The lowest BCUT2D eigenvalue weighted by Gasteiger charge is -2.12. The van der Waals surface area contributed by atoms with Crippen molar-refractivity contribution in [2.75, 3.05) is 11.9 Å². The predicted molar refractivity (Wildman–Crippen MR) is 91.2 cm³/mol. The van der Waals surface area contributed by atoms with E-state index in [1.54, 1.807) is 6.07 Å². The minimum atomic E-state index is -4.46. The van der Waals surface area contributed by atoms with Crippen molar-refractivity contribution in [2.24, 2.45) is 0 Å². The number of rotatable bonds is 6. The number of halogens is 4. The van der Waals surface area contributed by atoms with Crippen LogP contribution in [-0.2, 0) is 6.18 Å². The Balaban J connectivity index is 2.10. The standard InChI is InChI=1S/C17H17ClF3N3O/c1-2-3-8-22-16(25)14-7-5-12(10-23-14)24-15-9-11(17(19,20)21)4-6-13(15)18/h4-7,9-10,24H,2-3,8H2,1H3,(H,22,25). The molecule has 0 saturated carbocycles. The molecule has 0 aliphatic rings. The van der Waals surface area contributed by atoms with Crippen molar-refractivity contribution in [1.29, 1.82) is 0 Å². The summed E-state index contributed by atoms with van der Waals surface area (Å²) < 4.78 is 38.3. The molecule has 0 aliphatic heterocycles. The van der Waals surface area contributed by atoms with Crippen LogP contribution in [0.15, 0.2) is 36.5 Å². The van der Waals surface area contributed by atoms with Crippen LogP contribution in [0.4, 0.5) is 24.5 Å². The van der Waals surface area contributed by atoms with Crippen molar-refractivity contribution in [3.63, 3.8) is 0 Å². The summed E-state index contributed by atoms with van der Waals surface area (Å²) in [5.74, 6) is -0.294. The molecule has 0 radical (unpaired) electrons. The van der Waals surface area contributed by atoms with Crippen molar-refractivity contribution in [1.82, 2.24) is 10.3 Å². The van der Waals surface area contributed by atoms with Gasteiger partial charge in [0.1, 0.15) is 5.69 Å². The third-order valence-electron chi connectivity index (χ3n) is 3.38. The van der Waals surface area contributed by atoms with E-state index in [2.05, 4.69) is 15.6 Å². The third-order valence-corrected chi connectivity index (χ3v) is 3.71. The van der Waals surface area contributed by atoms with Crippen LogP contribution in [0.5, 0.6) is 0 Å². The zero-order valence-electron chi connectivity index (χ0n) is 13.5. The molecule has 8 heteroatoms. The van der Waals surface area contributed by atoms with E-state index >= 15 is 0 Å². The summed E-state index contributed by atoms with van der Waals surface area (Å²) in [7, 11) is 0. The van der Waals surface area contributed by atoms with Crippen LogP contribution in [-0.4, -0.2) is 17.4 Å². The molecule has 0 bridgehead atoms. The van der Waals surface area contributed by atoms with Gasteiger partial charge in [-0.05, 0) is 36.8 Å². The predicted octanol–water partition coefficient (Wildman–Crippen LogP) is 5.03. The lowest BCUT2D eigenvalue weighted by molar-refractivity contribution is -0.137. The van der Waals surface area contributed by atoms with Gasteiger partial charge in [0.2, 0.25) is 0 Å². The van der Waals surface area contributed by atoms with Crippen LogP contribution in [0, 0.1) is 0 Å². The van der Waals surface area contributed by atoms with Gasteiger partial charge >= 0.3 is 6.18 Å². The molecule has 0 atom stereocenters. The third kappa shape index (κ3) is 5.35. The minimum Gasteiger partial charge on any atom is -0.353 e. The minimum absolute atomic E-state index is 0.110. The fourth-order valence-corrected chi connectivity index (χ4v) is 2.19. The first-order valence-corrected chi connectivity index (χ1v) is 8.07. The van der Waals surface area contributed by atoms with E-state index in [0.29, 0.717) is 12.2 Å². The van der Waals surface area contributed by atoms with Gasteiger partial charge < -0.3 is 10.6 Å². The highest BCUT2D eigenvalue weighted by Crippen LogP contribution is 2.34. The average molecular weight is 372 g/mol. The Kier molecular flexibility index (Phi) is 6.25. The molecular weight excluding hydrogens is 355 g/mol. The van der Waals surface area contributed by atoms with Crippen molar-refractivity contribution < 1.29 is 18.0 Å². The van der Waals surface area contributed by atoms with Crippen LogP contribution in [0.1, 0.15) is 35.8 Å². The fourth-order valence-electron chi connectivity index (χ4n) is 2.02. The zero-order chi connectivity index (χ0) is 18.4. The molecule has 2 rings (SSSR count). The van der Waals surface area contributed by atoms with Crippen molar-refractivity contribution in [2.45, 2.75) is 25.9 Å². The second-order valence-corrected chi connectivity index (χ2v) is 5.77. The Morgan fingerprint density at radius 3 is 2.60 bits per heavy atom. The van der Waals surface area contributed by atoms with E-state index in [1.807, 2.05) is 6.92 Å². The normalized spacial score (nSPS) is 11.2. The van der Waals surface area contributed by atoms with E-state index in [-0.39, 0.29) is 22.3 Å². The van der Waals surface area contributed by atoms with Crippen LogP contribution in [0.3, 0.4) is 0 Å². The molecule has 134 valence electrons. The number of carbonyl (C=O) groups is 1. The smallest absolute Gasteiger partial charge is 0.353 e. The molecule has 4 nitrogen and oxygen atoms in total. The molecular formula is C17H17ClF3N3O. The van der Waals surface area contributed by atoms with Crippen molar-refractivity contribution >= 4 is 28.9 Å². The second-order valence-electron chi connectivity index (χ2n) is 5.36. The first-order chi connectivity index (χ1) is 11.8. The Labute approximate surface area is 148 Å². The molecule has 0 spiro atoms. The summed E-state index contributed by atoms with van der Waals surface area (Å²) in [5.41, 5.74) is -0.0409. The Morgan fingerprint density at radius 2 is 2.00 bits per heavy atom. The Hall–Kier alpha value is -2.28. The van der Waals surface area contributed by atoms with Gasteiger partial charge in [-0.2, -0.15) is 13.2 Å². The number of nitrogens with zero attached hydrogens (tertiary/aromatic N) is 1. The number of amides is 1. The van der Waals surface area contributed by atoms with Gasteiger partial charge in [-0.25, -0.2) is 4.98 Å². The van der Waals surface area contributed by atoms with Gasteiger partial charge in [-0.15, -0.1) is 0 Å². The van der Waals surface area contributed by atoms with Crippen molar-refractivity contribution in [3.05, 3.63) is 52.8 Å². The highest BCUT2D eigenvalue weighted by Gasteiger charge is 2.31. The van der Waals surface area contributed by atoms with Crippen LogP contribution in [0.2, 0.25) is 5.02 Å². The lowest BCUT2D eigenvalue weighted by atomic mass is 10.2. The van der Waals surface area contributed by atoms with E-state index < -0.39 is 11.7 Å². The van der Waals surface area contributed by atoms with Gasteiger partial charge in [0.15, 0.2) is 0 Å². The van der Waals surface area contributed by atoms with E-state index in [9.17, 15) is 18.0 Å². The number of benzene rings is 1. The highest BCUT2D eigenvalue weighted by atomic mass is 35.5. The molecule has 0 aliphatic carbocycles. The summed E-state index contributed by atoms with van der Waals surface area (Å²) >= 11 is 5.93. The maximum atomic E-state index is 12.8. The fraction of sp³-hybridized carbons (Fsp3) is 0.294. The molecule has 1 aromatic carbocycles. The van der Waals surface area contributed by atoms with Gasteiger partial charge in [-0.1, -0.05) is 24.9 Å². The molecule has 2 N–H and O–H groups in total. The molecule has 1 amide bonds. The number of anilines is 2. The summed E-state index contributed by atoms with van der Waals surface area (Å²) in [6.07, 6.45) is -1.25. The Bertz CT molecular complexity index is 733. The van der Waals surface area contributed by atoms with E-state index in [4.69, 9.17) is 11.6 Å². The van der Waals surface area contributed by atoms with Crippen LogP contribution < -0.4 is 10.6 Å². The van der Waals surface area contributed by atoms with E-state index in [1.165, 1.54) is 18.3 Å². The first-order valence-electron chi connectivity index (χ1n) is 7.69. The summed E-state index contributed by atoms with van der Waals surface area (Å²) in [6.45, 7) is 2.58. The van der Waals surface area contributed by atoms with Gasteiger partial charge in [-0.3, -0.25) is 4.79 Å². The van der Waals surface area contributed by atoms with Gasteiger partial charge in [0.25, 0.3) is 5.91 Å². The summed E-state index contributed by atoms with van der Waals surface area (Å²) in [6, 6.07) is 6.06. The molecule has 0 saturated heterocycles. The molecule has 25 heavy (non-hydrogen) atoms. The van der Waals surface area contributed by atoms with Crippen LogP contribution in [0.25, 0.3) is 0 Å². The maximum Gasteiger partial charge on any atom is 0.416 e. The summed E-state index contributed by atoms with van der Waals surface area (Å²) in [4.78, 5) is 15.9. The Morgan fingerprint density at radius 1 is 1.24 bits per heavy atom. The first kappa shape index (κ1) is 19.1. The molecule has 1 aromatic heterocycles. The number of aromatic nitrogens is 1. The number of unbranched alkanes of at least 4 members (excludes halogenated alkanes) is 1. The number of hydrogen-bond donors (Lipinski definition) is 2. The second kappa shape index (κ2) is 8.20. The van der Waals surface area contributed by atoms with Crippen LogP contribution >= 0.6 is 11.6 Å². The average Bonchev–Trinajstić information content (AvgIpc) is 2.56. The molecule has 0 unspecified atom stereocenters. The monoisotopic (exact) mass is 371 g/mol. The number of pyridine rings is 1. The lowest BCUT2D eigenvalue weighted by Crippen LogP contribution is -2.25. The largest absolute Gasteiger partial charge is 0.416 e. The maximum absolute atomic E-state index is 12.8. The topological polar surface area (TPSA) is 54.0 Å². The quantitative estimate of drug-likeness (QED) is 0.700. The number of alkyl halides is 3. The van der Waals surface area contributed by atoms with Gasteiger partial charge in [0, 0.05) is 6.54 Å². The zero-order valence-corrected chi connectivity index (χ0v) is 14.2. The number of nitrogens with one attached hydrogen (secondary N) is 2. The van der Waals surface area contributed by atoms with Gasteiger partial charge in [0.05, 0.1) is 28.2 Å². The van der Waals surface area contributed by atoms with Crippen molar-refractivity contribution in [3.8, 4) is 0 Å².